The van der Waals surface area contributed by atoms with Gasteiger partial charge in [-0.2, -0.15) is 4.98 Å². The Morgan fingerprint density at radius 1 is 1.44 bits per heavy atom. The van der Waals surface area contributed by atoms with Crippen LogP contribution < -0.4 is 15.4 Å². The number of aryl methyl sites for hydroxylation is 1. The minimum absolute atomic E-state index is 0. The van der Waals surface area contributed by atoms with Gasteiger partial charge in [0.2, 0.25) is 11.7 Å². The van der Waals surface area contributed by atoms with Crippen molar-refractivity contribution < 1.29 is 14.1 Å². The van der Waals surface area contributed by atoms with Crippen molar-refractivity contribution in [2.45, 2.75) is 26.4 Å². The van der Waals surface area contributed by atoms with Crippen molar-refractivity contribution >= 4 is 18.3 Å². The number of halogens is 1. The first-order chi connectivity index (χ1) is 11.7. The average molecular weight is 367 g/mol. The summed E-state index contributed by atoms with van der Waals surface area (Å²) in [5, 5.41) is 10.1. The highest BCUT2D eigenvalue weighted by atomic mass is 35.5. The quantitative estimate of drug-likeness (QED) is 0.813. The van der Waals surface area contributed by atoms with Gasteiger partial charge in [-0.25, -0.2) is 0 Å². The molecule has 1 unspecified atom stereocenters. The molecular weight excluding hydrogens is 344 g/mol. The molecule has 0 aliphatic carbocycles. The topological polar surface area (TPSA) is 89.3 Å². The van der Waals surface area contributed by atoms with E-state index >= 15 is 0 Å². The molecule has 2 heterocycles. The summed E-state index contributed by atoms with van der Waals surface area (Å²) in [6.07, 6.45) is 2.30. The summed E-state index contributed by atoms with van der Waals surface area (Å²) in [4.78, 5) is 16.5. The Balaban J connectivity index is 0.00000225. The normalized spacial score (nSPS) is 16.8. The Labute approximate surface area is 152 Å². The van der Waals surface area contributed by atoms with E-state index in [0.717, 1.165) is 25.9 Å². The van der Waals surface area contributed by atoms with Crippen LogP contribution in [0.15, 0.2) is 28.8 Å². The van der Waals surface area contributed by atoms with Gasteiger partial charge in [-0.1, -0.05) is 17.3 Å². The Morgan fingerprint density at radius 3 is 3.00 bits per heavy atom. The maximum absolute atomic E-state index is 12.5. The minimum atomic E-state index is -0.125. The first-order valence-corrected chi connectivity index (χ1v) is 8.22. The molecule has 1 fully saturated rings. The molecule has 1 saturated heterocycles. The number of hydrogen-bond acceptors (Lipinski definition) is 6. The number of hydrogen-bond donors (Lipinski definition) is 2. The van der Waals surface area contributed by atoms with E-state index in [-0.39, 0.29) is 24.9 Å². The van der Waals surface area contributed by atoms with E-state index in [4.69, 9.17) is 9.26 Å². The summed E-state index contributed by atoms with van der Waals surface area (Å²) in [5.74, 6) is 1.81. The van der Waals surface area contributed by atoms with Crippen molar-refractivity contribution in [3.8, 4) is 5.75 Å². The Morgan fingerprint density at radius 2 is 2.28 bits per heavy atom. The lowest BCUT2D eigenvalue weighted by Gasteiger charge is -2.23. The van der Waals surface area contributed by atoms with Crippen molar-refractivity contribution in [1.29, 1.82) is 0 Å². The molecule has 1 aliphatic rings. The van der Waals surface area contributed by atoms with Crippen molar-refractivity contribution in [3.63, 3.8) is 0 Å². The smallest absolute Gasteiger partial charge is 0.255 e. The fraction of sp³-hybridized carbons (Fsp3) is 0.471. The molecule has 1 aromatic heterocycles. The van der Waals surface area contributed by atoms with E-state index in [1.807, 2.05) is 12.1 Å². The first kappa shape index (κ1) is 19.2. The second kappa shape index (κ2) is 9.39. The third-order valence-corrected chi connectivity index (χ3v) is 4.01. The SMILES string of the molecule is Cc1nc(COc2ccccc2C(=O)NCC2CCCNC2)no1.Cl. The molecule has 1 aromatic carbocycles. The van der Waals surface area contributed by atoms with E-state index in [2.05, 4.69) is 20.8 Å². The minimum Gasteiger partial charge on any atom is -0.485 e. The number of carbonyl (C=O) groups is 1. The largest absolute Gasteiger partial charge is 0.485 e. The lowest BCUT2D eigenvalue weighted by molar-refractivity contribution is 0.0940. The molecule has 2 aromatic rings. The van der Waals surface area contributed by atoms with Crippen LogP contribution in [0.25, 0.3) is 0 Å². The fourth-order valence-electron chi connectivity index (χ4n) is 2.75. The number of benzene rings is 1. The Kier molecular flexibility index (Phi) is 7.21. The van der Waals surface area contributed by atoms with Crippen LogP contribution in [0.5, 0.6) is 5.75 Å². The van der Waals surface area contributed by atoms with Crippen LogP contribution >= 0.6 is 12.4 Å². The van der Waals surface area contributed by atoms with Gasteiger partial charge in [0, 0.05) is 13.5 Å². The number of nitrogens with one attached hydrogen (secondary N) is 2. The number of para-hydroxylation sites is 1. The number of aromatic nitrogens is 2. The number of ether oxygens (including phenoxy) is 1. The molecule has 0 spiro atoms. The highest BCUT2D eigenvalue weighted by Gasteiger charge is 2.17. The molecule has 0 bridgehead atoms. The monoisotopic (exact) mass is 366 g/mol. The van der Waals surface area contributed by atoms with Gasteiger partial charge >= 0.3 is 0 Å². The van der Waals surface area contributed by atoms with Gasteiger partial charge in [0.15, 0.2) is 6.61 Å². The number of piperidine rings is 1. The molecule has 0 saturated carbocycles. The van der Waals surface area contributed by atoms with Gasteiger partial charge in [-0.05, 0) is 44.0 Å². The molecule has 3 rings (SSSR count). The van der Waals surface area contributed by atoms with Crippen LogP contribution in [0.4, 0.5) is 0 Å². The van der Waals surface area contributed by atoms with Gasteiger partial charge in [0.05, 0.1) is 5.56 Å². The summed E-state index contributed by atoms with van der Waals surface area (Å²) in [5.41, 5.74) is 0.515. The molecule has 25 heavy (non-hydrogen) atoms. The summed E-state index contributed by atoms with van der Waals surface area (Å²) >= 11 is 0. The van der Waals surface area contributed by atoms with Crippen LogP contribution in [0.3, 0.4) is 0 Å². The summed E-state index contributed by atoms with van der Waals surface area (Å²) < 4.78 is 10.6. The van der Waals surface area contributed by atoms with Crippen molar-refractivity contribution in [2.75, 3.05) is 19.6 Å². The molecular formula is C17H23ClN4O3. The van der Waals surface area contributed by atoms with Crippen LogP contribution in [0, 0.1) is 12.8 Å². The molecule has 7 nitrogen and oxygen atoms in total. The van der Waals surface area contributed by atoms with Gasteiger partial charge in [-0.15, -0.1) is 12.4 Å². The standard InChI is InChI=1S/C17H22N4O3.ClH/c1-12-20-16(21-24-12)11-23-15-7-3-2-6-14(15)17(22)19-10-13-5-4-8-18-9-13;/h2-3,6-7,13,18H,4-5,8-11H2,1H3,(H,19,22);1H. The number of rotatable bonds is 6. The van der Waals surface area contributed by atoms with E-state index in [1.165, 1.54) is 0 Å². The summed E-state index contributed by atoms with van der Waals surface area (Å²) in [7, 11) is 0. The zero-order chi connectivity index (χ0) is 16.8. The van der Waals surface area contributed by atoms with Crippen LogP contribution in [-0.2, 0) is 6.61 Å². The fourth-order valence-corrected chi connectivity index (χ4v) is 2.75. The van der Waals surface area contributed by atoms with Gasteiger partial charge < -0.3 is 19.9 Å². The van der Waals surface area contributed by atoms with E-state index < -0.39 is 0 Å². The lowest BCUT2D eigenvalue weighted by Crippen LogP contribution is -2.38. The number of carbonyl (C=O) groups excluding carboxylic acids is 1. The summed E-state index contributed by atoms with van der Waals surface area (Å²) in [6, 6.07) is 7.18. The zero-order valence-electron chi connectivity index (χ0n) is 14.2. The predicted octanol–water partition coefficient (Wildman–Crippen LogP) is 2.11. The van der Waals surface area contributed by atoms with Crippen molar-refractivity contribution in [3.05, 3.63) is 41.5 Å². The predicted molar refractivity (Wildman–Crippen MR) is 95.0 cm³/mol. The maximum Gasteiger partial charge on any atom is 0.255 e. The van der Waals surface area contributed by atoms with Gasteiger partial charge in [-0.3, -0.25) is 4.79 Å². The van der Waals surface area contributed by atoms with Crippen LogP contribution in [0.2, 0.25) is 0 Å². The van der Waals surface area contributed by atoms with Crippen molar-refractivity contribution in [2.24, 2.45) is 5.92 Å². The zero-order valence-corrected chi connectivity index (χ0v) is 15.0. The highest BCUT2D eigenvalue weighted by molar-refractivity contribution is 5.96. The molecule has 8 heteroatoms. The Bertz CT molecular complexity index is 686. The highest BCUT2D eigenvalue weighted by Crippen LogP contribution is 2.19. The second-order valence-electron chi connectivity index (χ2n) is 5.94. The number of amides is 1. The Hall–Kier alpha value is -2.12. The van der Waals surface area contributed by atoms with Gasteiger partial charge in [0.1, 0.15) is 5.75 Å². The first-order valence-electron chi connectivity index (χ1n) is 8.22. The summed E-state index contributed by atoms with van der Waals surface area (Å²) in [6.45, 7) is 4.57. The number of nitrogens with zero attached hydrogens (tertiary/aromatic N) is 2. The van der Waals surface area contributed by atoms with E-state index in [1.54, 1.807) is 19.1 Å². The molecule has 1 aliphatic heterocycles. The van der Waals surface area contributed by atoms with Crippen LogP contribution in [-0.4, -0.2) is 35.7 Å². The third-order valence-electron chi connectivity index (χ3n) is 4.01. The second-order valence-corrected chi connectivity index (χ2v) is 5.94. The van der Waals surface area contributed by atoms with Gasteiger partial charge in [0.25, 0.3) is 5.91 Å². The third kappa shape index (κ3) is 5.44. The molecule has 2 N–H and O–H groups in total. The van der Waals surface area contributed by atoms with Crippen molar-refractivity contribution in [1.82, 2.24) is 20.8 Å². The maximum atomic E-state index is 12.5. The average Bonchev–Trinajstić information content (AvgIpc) is 3.04. The molecule has 136 valence electrons. The lowest BCUT2D eigenvalue weighted by atomic mass is 9.99. The van der Waals surface area contributed by atoms with Crippen LogP contribution in [0.1, 0.15) is 34.9 Å². The molecule has 1 atom stereocenters. The van der Waals surface area contributed by atoms with E-state index in [9.17, 15) is 4.79 Å². The molecule has 1 amide bonds. The molecule has 0 radical (unpaired) electrons. The van der Waals surface area contributed by atoms with E-state index in [0.29, 0.717) is 35.5 Å².